The van der Waals surface area contributed by atoms with Crippen LogP contribution in [0.5, 0.6) is 0 Å². The Hall–Kier alpha value is -1.14. The first-order chi connectivity index (χ1) is 10.1. The van der Waals surface area contributed by atoms with Gasteiger partial charge in [-0.1, -0.05) is 6.42 Å². The van der Waals surface area contributed by atoms with Crippen LogP contribution in [0, 0.1) is 5.92 Å². The zero-order chi connectivity index (χ0) is 15.1. The highest BCUT2D eigenvalue weighted by Gasteiger charge is 2.22. The van der Waals surface area contributed by atoms with Gasteiger partial charge in [0, 0.05) is 38.5 Å². The second-order valence-electron chi connectivity index (χ2n) is 6.09. The molecule has 0 aromatic carbocycles. The Labute approximate surface area is 126 Å². The molecule has 2 fully saturated rings. The molecule has 120 valence electrons. The van der Waals surface area contributed by atoms with Crippen LogP contribution in [0.3, 0.4) is 0 Å². The summed E-state index contributed by atoms with van der Waals surface area (Å²) in [5, 5.41) is 2.86. The van der Waals surface area contributed by atoms with E-state index in [0.29, 0.717) is 51.6 Å². The second-order valence-corrected chi connectivity index (χ2v) is 6.09. The minimum Gasteiger partial charge on any atom is -0.378 e. The van der Waals surface area contributed by atoms with Crippen molar-refractivity contribution in [3.05, 3.63) is 0 Å². The number of carbonyl (C=O) groups is 2. The number of amides is 2. The molecule has 1 saturated heterocycles. The normalized spacial score (nSPS) is 26.4. The van der Waals surface area contributed by atoms with E-state index in [4.69, 9.17) is 10.5 Å². The predicted molar refractivity (Wildman–Crippen MR) is 79.6 cm³/mol. The van der Waals surface area contributed by atoms with E-state index < -0.39 is 0 Å². The van der Waals surface area contributed by atoms with Crippen LogP contribution in [0.4, 0.5) is 0 Å². The lowest BCUT2D eigenvalue weighted by Gasteiger charge is -2.27. The van der Waals surface area contributed by atoms with Gasteiger partial charge in [-0.25, -0.2) is 0 Å². The molecule has 2 aliphatic rings. The van der Waals surface area contributed by atoms with E-state index in [0.717, 1.165) is 25.7 Å². The van der Waals surface area contributed by atoms with Gasteiger partial charge in [-0.15, -0.1) is 0 Å². The predicted octanol–water partition coefficient (Wildman–Crippen LogP) is 0.259. The van der Waals surface area contributed by atoms with Gasteiger partial charge in [-0.05, 0) is 25.2 Å². The summed E-state index contributed by atoms with van der Waals surface area (Å²) < 4.78 is 5.21. The van der Waals surface area contributed by atoms with Crippen molar-refractivity contribution in [1.82, 2.24) is 10.2 Å². The van der Waals surface area contributed by atoms with E-state index in [9.17, 15) is 9.59 Å². The van der Waals surface area contributed by atoms with Gasteiger partial charge in [0.2, 0.25) is 11.8 Å². The molecule has 0 aromatic heterocycles. The van der Waals surface area contributed by atoms with Crippen LogP contribution in [-0.2, 0) is 14.3 Å². The van der Waals surface area contributed by atoms with Gasteiger partial charge in [0.25, 0.3) is 0 Å². The fourth-order valence-electron chi connectivity index (χ4n) is 3.13. The first-order valence-corrected chi connectivity index (χ1v) is 8.03. The summed E-state index contributed by atoms with van der Waals surface area (Å²) in [6.07, 6.45) is 5.14. The molecule has 6 nitrogen and oxygen atoms in total. The first-order valence-electron chi connectivity index (χ1n) is 8.03. The lowest BCUT2D eigenvalue weighted by molar-refractivity contribution is -0.135. The summed E-state index contributed by atoms with van der Waals surface area (Å²) in [5.74, 6) is 0.547. The highest BCUT2D eigenvalue weighted by molar-refractivity contribution is 5.79. The summed E-state index contributed by atoms with van der Waals surface area (Å²) in [5.41, 5.74) is 5.93. The molecular formula is C15H27N3O3. The van der Waals surface area contributed by atoms with Gasteiger partial charge in [-0.3, -0.25) is 9.59 Å². The van der Waals surface area contributed by atoms with Crippen LogP contribution in [0.15, 0.2) is 0 Å². The average Bonchev–Trinajstić information content (AvgIpc) is 2.48. The Kier molecular flexibility index (Phi) is 6.45. The maximum absolute atomic E-state index is 11.9. The monoisotopic (exact) mass is 297 g/mol. The van der Waals surface area contributed by atoms with Crippen molar-refractivity contribution in [3.63, 3.8) is 0 Å². The van der Waals surface area contributed by atoms with Crippen LogP contribution in [-0.4, -0.2) is 55.6 Å². The molecule has 0 spiro atoms. The summed E-state index contributed by atoms with van der Waals surface area (Å²) in [4.78, 5) is 25.6. The molecule has 21 heavy (non-hydrogen) atoms. The summed E-state index contributed by atoms with van der Waals surface area (Å²) in [6, 6.07) is 0.249. The number of carbonyl (C=O) groups excluding carboxylic acids is 2. The number of hydrogen-bond donors (Lipinski definition) is 2. The minimum atomic E-state index is 0.0453. The topological polar surface area (TPSA) is 84.7 Å². The molecule has 1 aliphatic carbocycles. The summed E-state index contributed by atoms with van der Waals surface area (Å²) in [7, 11) is 0. The third-order valence-corrected chi connectivity index (χ3v) is 4.32. The van der Waals surface area contributed by atoms with Gasteiger partial charge < -0.3 is 20.7 Å². The third-order valence-electron chi connectivity index (χ3n) is 4.32. The number of rotatable bonds is 5. The van der Waals surface area contributed by atoms with Crippen LogP contribution in [0.2, 0.25) is 0 Å². The van der Waals surface area contributed by atoms with Gasteiger partial charge in [0.15, 0.2) is 0 Å². The number of hydrogen-bond acceptors (Lipinski definition) is 4. The average molecular weight is 297 g/mol. The van der Waals surface area contributed by atoms with Crippen LogP contribution in [0.25, 0.3) is 0 Å². The first kappa shape index (κ1) is 16.2. The molecule has 2 atom stereocenters. The van der Waals surface area contributed by atoms with Crippen molar-refractivity contribution < 1.29 is 14.3 Å². The zero-order valence-corrected chi connectivity index (χ0v) is 12.7. The van der Waals surface area contributed by atoms with Crippen molar-refractivity contribution in [2.75, 3.05) is 32.8 Å². The molecule has 0 aromatic rings. The van der Waals surface area contributed by atoms with E-state index in [1.165, 1.54) is 0 Å². The fraction of sp³-hybridized carbons (Fsp3) is 0.867. The smallest absolute Gasteiger partial charge is 0.224 e. The highest BCUT2D eigenvalue weighted by Crippen LogP contribution is 2.25. The number of nitrogens with two attached hydrogens (primary N) is 1. The molecule has 0 radical (unpaired) electrons. The molecule has 1 heterocycles. The lowest BCUT2D eigenvalue weighted by atomic mass is 9.84. The van der Waals surface area contributed by atoms with Crippen LogP contribution in [0.1, 0.15) is 38.5 Å². The highest BCUT2D eigenvalue weighted by atomic mass is 16.5. The number of nitrogens with one attached hydrogen (secondary N) is 1. The van der Waals surface area contributed by atoms with Crippen LogP contribution >= 0.6 is 0 Å². The van der Waals surface area contributed by atoms with Gasteiger partial charge >= 0.3 is 0 Å². The lowest BCUT2D eigenvalue weighted by Crippen LogP contribution is -2.42. The Morgan fingerprint density at radius 2 is 2.00 bits per heavy atom. The Morgan fingerprint density at radius 3 is 2.71 bits per heavy atom. The van der Waals surface area contributed by atoms with Crippen molar-refractivity contribution in [2.45, 2.75) is 44.6 Å². The van der Waals surface area contributed by atoms with E-state index in [-0.39, 0.29) is 17.9 Å². The van der Waals surface area contributed by atoms with E-state index >= 15 is 0 Å². The number of nitrogens with zero attached hydrogens (tertiary/aromatic N) is 1. The second kappa shape index (κ2) is 8.34. The molecule has 2 rings (SSSR count). The largest absolute Gasteiger partial charge is 0.378 e. The van der Waals surface area contributed by atoms with Crippen molar-refractivity contribution in [1.29, 1.82) is 0 Å². The van der Waals surface area contributed by atoms with Crippen LogP contribution < -0.4 is 11.1 Å². The standard InChI is InChI=1S/C15H27N3O3/c16-13-3-1-2-12(10-13)11-14(19)17-5-4-15(20)18-6-8-21-9-7-18/h12-13H,1-11,16H2,(H,17,19). The molecular weight excluding hydrogens is 270 g/mol. The molecule has 1 aliphatic heterocycles. The molecule has 6 heteroatoms. The van der Waals surface area contributed by atoms with Crippen molar-refractivity contribution in [2.24, 2.45) is 11.7 Å². The van der Waals surface area contributed by atoms with Gasteiger partial charge in [0.1, 0.15) is 0 Å². The quantitative estimate of drug-likeness (QED) is 0.762. The van der Waals surface area contributed by atoms with Crippen molar-refractivity contribution >= 4 is 11.8 Å². The van der Waals surface area contributed by atoms with E-state index in [1.807, 2.05) is 0 Å². The molecule has 0 bridgehead atoms. The van der Waals surface area contributed by atoms with E-state index in [1.54, 1.807) is 4.90 Å². The van der Waals surface area contributed by atoms with Crippen molar-refractivity contribution in [3.8, 4) is 0 Å². The van der Waals surface area contributed by atoms with E-state index in [2.05, 4.69) is 5.32 Å². The summed E-state index contributed by atoms with van der Waals surface area (Å²) >= 11 is 0. The maximum atomic E-state index is 11.9. The fourth-order valence-corrected chi connectivity index (χ4v) is 3.13. The Morgan fingerprint density at radius 1 is 1.24 bits per heavy atom. The SMILES string of the molecule is NC1CCCC(CC(=O)NCCC(=O)N2CCOCC2)C1. The molecule has 3 N–H and O–H groups in total. The molecule has 1 saturated carbocycles. The van der Waals surface area contributed by atoms with Gasteiger partial charge in [-0.2, -0.15) is 0 Å². The number of ether oxygens (including phenoxy) is 1. The molecule has 2 unspecified atom stereocenters. The minimum absolute atomic E-state index is 0.0453. The zero-order valence-electron chi connectivity index (χ0n) is 12.7. The number of morpholine rings is 1. The summed E-state index contributed by atoms with van der Waals surface area (Å²) in [6.45, 7) is 2.97. The Balaban J connectivity index is 1.59. The van der Waals surface area contributed by atoms with Gasteiger partial charge in [0.05, 0.1) is 13.2 Å². The maximum Gasteiger partial charge on any atom is 0.224 e. The molecule has 2 amide bonds. The Bertz CT molecular complexity index is 356. The third kappa shape index (κ3) is 5.63.